The normalized spacial score (nSPS) is 27.4. The molecule has 0 aromatic carbocycles. The Morgan fingerprint density at radius 3 is 1.40 bits per heavy atom. The number of methoxy groups -OCH3 is 3. The molecule has 0 aromatic rings. The minimum Gasteiger partial charge on any atom is -0.460 e. The SMILES string of the molecule is C=C(COC)C(=O)OCCOC1CCC(C2CCC(C3CCC(OCCOC(=O)C(=C)COC)CC3)C(OC(=O)C(=C)COC)C2)CC1. The summed E-state index contributed by atoms with van der Waals surface area (Å²) >= 11 is 0. The fourth-order valence-electron chi connectivity index (χ4n) is 7.52. The molecule has 0 saturated heterocycles. The molecule has 0 heterocycles. The van der Waals surface area contributed by atoms with Crippen molar-refractivity contribution in [2.75, 3.05) is 67.6 Å². The van der Waals surface area contributed by atoms with E-state index in [4.69, 9.17) is 37.9 Å². The fourth-order valence-corrected chi connectivity index (χ4v) is 7.52. The molecule has 3 fully saturated rings. The lowest BCUT2D eigenvalue weighted by Crippen LogP contribution is -2.42. The maximum absolute atomic E-state index is 13.0. The Morgan fingerprint density at radius 2 is 0.938 bits per heavy atom. The molecule has 3 unspecified atom stereocenters. The number of hydrogen-bond acceptors (Lipinski definition) is 11. The van der Waals surface area contributed by atoms with Crippen LogP contribution >= 0.6 is 0 Å². The summed E-state index contributed by atoms with van der Waals surface area (Å²) in [4.78, 5) is 36.8. The third-order valence-electron chi connectivity index (χ3n) is 10.0. The lowest BCUT2D eigenvalue weighted by Gasteiger charge is -2.45. The van der Waals surface area contributed by atoms with Crippen molar-refractivity contribution >= 4 is 17.9 Å². The highest BCUT2D eigenvalue weighted by Crippen LogP contribution is 2.46. The van der Waals surface area contributed by atoms with Crippen LogP contribution in [0.5, 0.6) is 0 Å². The van der Waals surface area contributed by atoms with Crippen molar-refractivity contribution in [3.8, 4) is 0 Å². The van der Waals surface area contributed by atoms with E-state index in [0.717, 1.165) is 70.6 Å². The van der Waals surface area contributed by atoms with Crippen molar-refractivity contribution in [1.82, 2.24) is 0 Å². The second-order valence-electron chi connectivity index (χ2n) is 13.4. The lowest BCUT2D eigenvalue weighted by atomic mass is 9.65. The van der Waals surface area contributed by atoms with Gasteiger partial charge in [0.25, 0.3) is 0 Å². The lowest BCUT2D eigenvalue weighted by molar-refractivity contribution is -0.154. The van der Waals surface area contributed by atoms with Gasteiger partial charge in [0.05, 0.1) is 62.0 Å². The first-order chi connectivity index (χ1) is 23.2. The van der Waals surface area contributed by atoms with Crippen molar-refractivity contribution in [3.63, 3.8) is 0 Å². The first-order valence-electron chi connectivity index (χ1n) is 17.4. The van der Waals surface area contributed by atoms with Gasteiger partial charge in [0.1, 0.15) is 19.3 Å². The van der Waals surface area contributed by atoms with E-state index in [2.05, 4.69) is 19.7 Å². The molecule has 48 heavy (non-hydrogen) atoms. The molecule has 3 atom stereocenters. The third-order valence-corrected chi connectivity index (χ3v) is 10.0. The predicted molar refractivity (Wildman–Crippen MR) is 179 cm³/mol. The van der Waals surface area contributed by atoms with Crippen LogP contribution in [0.1, 0.15) is 70.6 Å². The smallest absolute Gasteiger partial charge is 0.336 e. The zero-order chi connectivity index (χ0) is 34.9. The number of carbonyl (C=O) groups excluding carboxylic acids is 3. The Balaban J connectivity index is 1.45. The zero-order valence-corrected chi connectivity index (χ0v) is 29.4. The Hall–Kier alpha value is -2.57. The highest BCUT2D eigenvalue weighted by Gasteiger charge is 2.42. The van der Waals surface area contributed by atoms with Crippen LogP contribution in [-0.4, -0.2) is 104 Å². The summed E-state index contributed by atoms with van der Waals surface area (Å²) in [7, 11) is 4.56. The second kappa shape index (κ2) is 21.5. The van der Waals surface area contributed by atoms with Gasteiger partial charge < -0.3 is 37.9 Å². The summed E-state index contributed by atoms with van der Waals surface area (Å²) in [6, 6.07) is 0. The average molecular weight is 679 g/mol. The van der Waals surface area contributed by atoms with E-state index in [1.807, 2.05) is 0 Å². The quantitative estimate of drug-likeness (QED) is 0.0734. The molecule has 11 nitrogen and oxygen atoms in total. The van der Waals surface area contributed by atoms with Crippen LogP contribution in [0.15, 0.2) is 36.5 Å². The molecule has 272 valence electrons. The van der Waals surface area contributed by atoms with Gasteiger partial charge in [-0.3, -0.25) is 0 Å². The highest BCUT2D eigenvalue weighted by atomic mass is 16.6. The largest absolute Gasteiger partial charge is 0.460 e. The van der Waals surface area contributed by atoms with Crippen molar-refractivity contribution < 1.29 is 52.3 Å². The van der Waals surface area contributed by atoms with Crippen molar-refractivity contribution in [2.24, 2.45) is 23.7 Å². The minimum absolute atomic E-state index is 0.125. The van der Waals surface area contributed by atoms with Gasteiger partial charge in [-0.05, 0) is 94.3 Å². The number of ether oxygens (including phenoxy) is 8. The highest BCUT2D eigenvalue weighted by molar-refractivity contribution is 5.88. The molecular formula is C37H58O11. The number of rotatable bonds is 20. The van der Waals surface area contributed by atoms with Crippen LogP contribution in [0, 0.1) is 23.7 Å². The molecule has 0 radical (unpaired) electrons. The summed E-state index contributed by atoms with van der Waals surface area (Å²) in [5, 5.41) is 0. The molecule has 0 amide bonds. The molecule has 0 spiro atoms. The molecule has 0 N–H and O–H groups in total. The van der Waals surface area contributed by atoms with E-state index in [9.17, 15) is 14.4 Å². The van der Waals surface area contributed by atoms with E-state index in [1.54, 1.807) is 7.11 Å². The van der Waals surface area contributed by atoms with Gasteiger partial charge in [-0.1, -0.05) is 19.7 Å². The van der Waals surface area contributed by atoms with Crippen LogP contribution in [0.4, 0.5) is 0 Å². The molecule has 0 aromatic heterocycles. The van der Waals surface area contributed by atoms with Gasteiger partial charge >= 0.3 is 17.9 Å². The van der Waals surface area contributed by atoms with E-state index >= 15 is 0 Å². The monoisotopic (exact) mass is 678 g/mol. The summed E-state index contributed by atoms with van der Waals surface area (Å²) < 4.78 is 43.7. The van der Waals surface area contributed by atoms with Gasteiger partial charge in [-0.25, -0.2) is 14.4 Å². The Labute approximate surface area is 286 Å². The summed E-state index contributed by atoms with van der Waals surface area (Å²) in [5.41, 5.74) is 0.918. The van der Waals surface area contributed by atoms with E-state index < -0.39 is 11.9 Å². The molecule has 3 aliphatic rings. The van der Waals surface area contributed by atoms with Gasteiger partial charge in [0.15, 0.2) is 0 Å². The van der Waals surface area contributed by atoms with Crippen LogP contribution in [0.25, 0.3) is 0 Å². The molecule has 3 aliphatic carbocycles. The van der Waals surface area contributed by atoms with Crippen LogP contribution < -0.4 is 0 Å². The molecule has 3 saturated carbocycles. The number of esters is 3. The topological polar surface area (TPSA) is 125 Å². The first kappa shape index (κ1) is 39.9. The van der Waals surface area contributed by atoms with Crippen LogP contribution in [0.3, 0.4) is 0 Å². The van der Waals surface area contributed by atoms with Gasteiger partial charge in [0, 0.05) is 21.3 Å². The third kappa shape index (κ3) is 13.0. The molecule has 0 bridgehead atoms. The van der Waals surface area contributed by atoms with Gasteiger partial charge in [0.2, 0.25) is 0 Å². The molecule has 0 aliphatic heterocycles. The fraction of sp³-hybridized carbons (Fsp3) is 0.757. The van der Waals surface area contributed by atoms with E-state index in [1.165, 1.54) is 14.2 Å². The summed E-state index contributed by atoms with van der Waals surface area (Å²) in [6.07, 6.45) is 11.1. The minimum atomic E-state index is -0.462. The van der Waals surface area contributed by atoms with Crippen LogP contribution in [0.2, 0.25) is 0 Å². The molecule has 11 heteroatoms. The number of carbonyl (C=O) groups is 3. The van der Waals surface area contributed by atoms with Crippen LogP contribution in [-0.2, 0) is 52.3 Å². The summed E-state index contributed by atoms with van der Waals surface area (Å²) in [5.74, 6) is 0.533. The standard InChI is InChI=1S/C37H58O11/c1-25(22-41-4)35(38)46-19-17-44-31-12-7-28(8-13-31)30-11-16-33(34(21-30)48-37(40)27(3)24-43-6)29-9-14-32(15-10-29)45-18-20-47-36(39)26(2)23-42-5/h28-34H,1-3,7-24H2,4-6H3. The maximum atomic E-state index is 13.0. The second-order valence-corrected chi connectivity index (χ2v) is 13.4. The van der Waals surface area contributed by atoms with E-state index in [0.29, 0.717) is 48.0 Å². The van der Waals surface area contributed by atoms with Gasteiger partial charge in [-0.15, -0.1) is 0 Å². The molecule has 3 rings (SSSR count). The van der Waals surface area contributed by atoms with E-state index in [-0.39, 0.29) is 62.9 Å². The van der Waals surface area contributed by atoms with Crippen molar-refractivity contribution in [2.45, 2.75) is 88.9 Å². The van der Waals surface area contributed by atoms with Crippen molar-refractivity contribution in [3.05, 3.63) is 36.5 Å². The Morgan fingerprint density at radius 1 is 0.521 bits per heavy atom. The summed E-state index contributed by atoms with van der Waals surface area (Å²) in [6.45, 7) is 12.8. The molecular weight excluding hydrogens is 620 g/mol. The maximum Gasteiger partial charge on any atom is 0.336 e. The first-order valence-corrected chi connectivity index (χ1v) is 17.4. The number of hydrogen-bond donors (Lipinski definition) is 0. The van der Waals surface area contributed by atoms with Crippen molar-refractivity contribution in [1.29, 1.82) is 0 Å². The Kier molecular flexibility index (Phi) is 17.9. The van der Waals surface area contributed by atoms with Gasteiger partial charge in [-0.2, -0.15) is 0 Å². The zero-order valence-electron chi connectivity index (χ0n) is 29.4. The Bertz CT molecular complexity index is 1060. The predicted octanol–water partition coefficient (Wildman–Crippen LogP) is 5.16. The average Bonchev–Trinajstić information content (AvgIpc) is 3.09.